The van der Waals surface area contributed by atoms with E-state index in [-0.39, 0.29) is 6.04 Å². The van der Waals surface area contributed by atoms with Crippen molar-refractivity contribution in [3.8, 4) is 5.75 Å². The monoisotopic (exact) mass is 288 g/mol. The third-order valence-electron chi connectivity index (χ3n) is 3.87. The van der Waals surface area contributed by atoms with Gasteiger partial charge in [0.05, 0.1) is 6.61 Å². The van der Waals surface area contributed by atoms with Crippen molar-refractivity contribution < 1.29 is 4.74 Å². The second-order valence-corrected chi connectivity index (χ2v) is 6.04. The lowest BCUT2D eigenvalue weighted by atomic mass is 10.0. The highest BCUT2D eigenvalue weighted by Crippen LogP contribution is 2.30. The first-order chi connectivity index (χ1) is 9.78. The van der Waals surface area contributed by atoms with Crippen LogP contribution < -0.4 is 10.5 Å². The van der Waals surface area contributed by atoms with Gasteiger partial charge in [-0.1, -0.05) is 12.1 Å². The third kappa shape index (κ3) is 2.73. The largest absolute Gasteiger partial charge is 0.493 e. The quantitative estimate of drug-likeness (QED) is 0.919. The highest BCUT2D eigenvalue weighted by molar-refractivity contribution is 7.07. The zero-order valence-corrected chi connectivity index (χ0v) is 12.5. The molecular weight excluding hydrogens is 268 g/mol. The predicted octanol–water partition coefficient (Wildman–Crippen LogP) is 2.81. The van der Waals surface area contributed by atoms with Crippen LogP contribution in [0, 0.1) is 0 Å². The minimum atomic E-state index is 0.251. The van der Waals surface area contributed by atoms with Crippen LogP contribution in [0.25, 0.3) is 0 Å². The van der Waals surface area contributed by atoms with Crippen LogP contribution in [0.3, 0.4) is 0 Å². The van der Waals surface area contributed by atoms with Crippen LogP contribution >= 0.6 is 11.3 Å². The zero-order valence-electron chi connectivity index (χ0n) is 11.7. The first-order valence-electron chi connectivity index (χ1n) is 6.95. The van der Waals surface area contributed by atoms with Gasteiger partial charge in [0.2, 0.25) is 0 Å². The standard InChI is InChI=1S/C16H20N2OS/c1-18(10-12-5-7-20-11-12)15(9-17)13-2-3-16-14(8-13)4-6-19-16/h2-3,5,7-8,11,15H,4,6,9-10,17H2,1H3. The number of likely N-dealkylation sites (N-methyl/N-ethyl adjacent to an activating group) is 1. The fourth-order valence-electron chi connectivity index (χ4n) is 2.77. The lowest BCUT2D eigenvalue weighted by Crippen LogP contribution is -2.30. The first-order valence-corrected chi connectivity index (χ1v) is 7.89. The summed E-state index contributed by atoms with van der Waals surface area (Å²) in [5.74, 6) is 1.03. The number of thiophene rings is 1. The Bertz CT molecular complexity index is 568. The van der Waals surface area contributed by atoms with Crippen LogP contribution in [0.1, 0.15) is 22.7 Å². The van der Waals surface area contributed by atoms with E-state index in [4.69, 9.17) is 10.5 Å². The van der Waals surface area contributed by atoms with Crippen LogP contribution in [0.4, 0.5) is 0 Å². The summed E-state index contributed by atoms with van der Waals surface area (Å²) in [7, 11) is 2.14. The topological polar surface area (TPSA) is 38.5 Å². The molecule has 106 valence electrons. The second-order valence-electron chi connectivity index (χ2n) is 5.26. The van der Waals surface area contributed by atoms with E-state index in [1.165, 1.54) is 16.7 Å². The van der Waals surface area contributed by atoms with E-state index in [0.717, 1.165) is 25.3 Å². The van der Waals surface area contributed by atoms with Crippen LogP contribution in [-0.4, -0.2) is 25.1 Å². The molecule has 1 unspecified atom stereocenters. The van der Waals surface area contributed by atoms with Gasteiger partial charge in [0, 0.05) is 25.6 Å². The summed E-state index contributed by atoms with van der Waals surface area (Å²) in [5, 5.41) is 4.31. The Morgan fingerprint density at radius 1 is 1.40 bits per heavy atom. The Kier molecular flexibility index (Phi) is 4.05. The Morgan fingerprint density at radius 2 is 2.30 bits per heavy atom. The number of nitrogens with two attached hydrogens (primary N) is 1. The van der Waals surface area contributed by atoms with Gasteiger partial charge in [-0.05, 0) is 46.6 Å². The van der Waals surface area contributed by atoms with Gasteiger partial charge in [-0.25, -0.2) is 0 Å². The molecule has 3 rings (SSSR count). The van der Waals surface area contributed by atoms with Crippen LogP contribution in [-0.2, 0) is 13.0 Å². The predicted molar refractivity (Wildman–Crippen MR) is 83.2 cm³/mol. The fraction of sp³-hybridized carbons (Fsp3) is 0.375. The van der Waals surface area contributed by atoms with E-state index in [2.05, 4.69) is 47.0 Å². The summed E-state index contributed by atoms with van der Waals surface area (Å²) in [6, 6.07) is 8.90. The molecule has 0 fully saturated rings. The molecule has 1 aliphatic rings. The number of nitrogens with zero attached hydrogens (tertiary/aromatic N) is 1. The molecule has 2 heterocycles. The van der Waals surface area contributed by atoms with E-state index in [1.54, 1.807) is 11.3 Å². The van der Waals surface area contributed by atoms with Gasteiger partial charge < -0.3 is 10.5 Å². The molecular formula is C16H20N2OS. The maximum absolute atomic E-state index is 6.01. The second kappa shape index (κ2) is 5.95. The average molecular weight is 288 g/mol. The minimum absolute atomic E-state index is 0.251. The van der Waals surface area contributed by atoms with Gasteiger partial charge in [0.25, 0.3) is 0 Å². The van der Waals surface area contributed by atoms with Crippen molar-refractivity contribution in [2.45, 2.75) is 19.0 Å². The van der Waals surface area contributed by atoms with Gasteiger partial charge in [-0.15, -0.1) is 0 Å². The van der Waals surface area contributed by atoms with Crippen molar-refractivity contribution >= 4 is 11.3 Å². The summed E-state index contributed by atoms with van der Waals surface area (Å²) in [6.45, 7) is 2.36. The lowest BCUT2D eigenvalue weighted by Gasteiger charge is -2.27. The van der Waals surface area contributed by atoms with Gasteiger partial charge in [-0.2, -0.15) is 11.3 Å². The molecule has 0 radical (unpaired) electrons. The highest BCUT2D eigenvalue weighted by Gasteiger charge is 2.19. The van der Waals surface area contributed by atoms with Crippen molar-refractivity contribution in [1.82, 2.24) is 4.90 Å². The number of hydrogen-bond acceptors (Lipinski definition) is 4. The SMILES string of the molecule is CN(Cc1ccsc1)C(CN)c1ccc2c(c1)CCO2. The maximum Gasteiger partial charge on any atom is 0.122 e. The summed E-state index contributed by atoms with van der Waals surface area (Å²) < 4.78 is 5.57. The number of hydrogen-bond donors (Lipinski definition) is 1. The van der Waals surface area contributed by atoms with Crippen molar-refractivity contribution in [3.05, 3.63) is 51.7 Å². The van der Waals surface area contributed by atoms with Crippen LogP contribution in [0.2, 0.25) is 0 Å². The molecule has 0 bridgehead atoms. The molecule has 1 aromatic carbocycles. The zero-order chi connectivity index (χ0) is 13.9. The smallest absolute Gasteiger partial charge is 0.122 e. The molecule has 3 nitrogen and oxygen atoms in total. The number of ether oxygens (including phenoxy) is 1. The number of rotatable bonds is 5. The van der Waals surface area contributed by atoms with Crippen molar-refractivity contribution in [2.75, 3.05) is 20.2 Å². The van der Waals surface area contributed by atoms with Crippen LogP contribution in [0.15, 0.2) is 35.0 Å². The molecule has 2 N–H and O–H groups in total. The molecule has 1 aliphatic heterocycles. The Labute approximate surface area is 124 Å². The van der Waals surface area contributed by atoms with E-state index < -0.39 is 0 Å². The average Bonchev–Trinajstić information content (AvgIpc) is 3.09. The maximum atomic E-state index is 6.01. The molecule has 1 atom stereocenters. The van der Waals surface area contributed by atoms with E-state index in [0.29, 0.717) is 6.54 Å². The molecule has 4 heteroatoms. The van der Waals surface area contributed by atoms with E-state index >= 15 is 0 Å². The Morgan fingerprint density at radius 3 is 3.05 bits per heavy atom. The van der Waals surface area contributed by atoms with E-state index in [1.807, 2.05) is 0 Å². The Balaban J connectivity index is 1.78. The van der Waals surface area contributed by atoms with Gasteiger partial charge >= 0.3 is 0 Å². The summed E-state index contributed by atoms with van der Waals surface area (Å²) in [6.07, 6.45) is 1.01. The Hall–Kier alpha value is -1.36. The number of fused-ring (bicyclic) bond motifs is 1. The van der Waals surface area contributed by atoms with Gasteiger partial charge in [0.1, 0.15) is 5.75 Å². The summed E-state index contributed by atoms with van der Waals surface area (Å²) in [5.41, 5.74) is 9.95. The molecule has 0 saturated carbocycles. The van der Waals surface area contributed by atoms with Crippen molar-refractivity contribution in [2.24, 2.45) is 5.73 Å². The van der Waals surface area contributed by atoms with Crippen molar-refractivity contribution in [3.63, 3.8) is 0 Å². The lowest BCUT2D eigenvalue weighted by molar-refractivity contribution is 0.242. The first kappa shape index (κ1) is 13.6. The van der Waals surface area contributed by atoms with Gasteiger partial charge in [-0.3, -0.25) is 4.90 Å². The molecule has 20 heavy (non-hydrogen) atoms. The van der Waals surface area contributed by atoms with E-state index in [9.17, 15) is 0 Å². The number of benzene rings is 1. The summed E-state index contributed by atoms with van der Waals surface area (Å²) in [4.78, 5) is 2.32. The van der Waals surface area contributed by atoms with Gasteiger partial charge in [0.15, 0.2) is 0 Å². The van der Waals surface area contributed by atoms with Crippen LogP contribution in [0.5, 0.6) is 5.75 Å². The fourth-order valence-corrected chi connectivity index (χ4v) is 3.42. The molecule has 1 aromatic heterocycles. The highest BCUT2D eigenvalue weighted by atomic mass is 32.1. The molecule has 0 amide bonds. The molecule has 0 aliphatic carbocycles. The molecule has 0 spiro atoms. The third-order valence-corrected chi connectivity index (χ3v) is 4.60. The minimum Gasteiger partial charge on any atom is -0.493 e. The molecule has 2 aromatic rings. The normalized spacial score (nSPS) is 15.2. The molecule has 0 saturated heterocycles. The van der Waals surface area contributed by atoms with Crippen molar-refractivity contribution in [1.29, 1.82) is 0 Å². The summed E-state index contributed by atoms with van der Waals surface area (Å²) >= 11 is 1.74.